The Kier molecular flexibility index (Phi) is 4.25. The summed E-state index contributed by atoms with van der Waals surface area (Å²) in [5, 5.41) is 2.76. The molecule has 0 bridgehead atoms. The molecule has 3 N–H and O–H groups in total. The molecule has 0 aliphatic carbocycles. The van der Waals surface area contributed by atoms with Crippen molar-refractivity contribution in [3.63, 3.8) is 0 Å². The zero-order valence-corrected chi connectivity index (χ0v) is 10.2. The van der Waals surface area contributed by atoms with Crippen LogP contribution in [0.3, 0.4) is 0 Å². The number of benzene rings is 1. The van der Waals surface area contributed by atoms with Crippen LogP contribution in [0.15, 0.2) is 24.3 Å². The highest BCUT2D eigenvalue weighted by Gasteiger charge is 2.06. The van der Waals surface area contributed by atoms with Crippen LogP contribution in [0.2, 0.25) is 0 Å². The topological polar surface area (TPSA) is 58.4 Å². The summed E-state index contributed by atoms with van der Waals surface area (Å²) in [5.41, 5.74) is 6.99. The van der Waals surface area contributed by atoms with Gasteiger partial charge in [-0.3, -0.25) is 0 Å². The number of carbonyl (C=O) groups excluding carboxylic acids is 1. The van der Waals surface area contributed by atoms with E-state index in [1.54, 1.807) is 36.2 Å². The van der Waals surface area contributed by atoms with E-state index in [0.29, 0.717) is 11.5 Å². The lowest BCUT2D eigenvalue weighted by molar-refractivity contribution is 0.224. The normalized spacial score (nSPS) is 9.62. The zero-order chi connectivity index (χ0) is 12.1. The van der Waals surface area contributed by atoms with Crippen LogP contribution in [-0.2, 0) is 0 Å². The van der Waals surface area contributed by atoms with Crippen molar-refractivity contribution < 1.29 is 4.79 Å². The maximum absolute atomic E-state index is 11.5. The lowest BCUT2D eigenvalue weighted by atomic mass is 10.2. The van der Waals surface area contributed by atoms with Gasteiger partial charge in [0, 0.05) is 24.8 Å². The number of urea groups is 1. The van der Waals surface area contributed by atoms with Gasteiger partial charge >= 0.3 is 6.03 Å². The lowest BCUT2D eigenvalue weighted by Crippen LogP contribution is -2.30. The van der Waals surface area contributed by atoms with Crippen molar-refractivity contribution in [2.24, 2.45) is 5.73 Å². The Bertz CT molecular complexity index is 389. The first-order valence-electron chi connectivity index (χ1n) is 4.96. The monoisotopic (exact) mass is 237 g/mol. The van der Waals surface area contributed by atoms with E-state index < -0.39 is 0 Å². The highest BCUT2D eigenvalue weighted by atomic mass is 32.1. The minimum absolute atomic E-state index is 0.134. The fourth-order valence-corrected chi connectivity index (χ4v) is 1.22. The number of rotatable bonds is 3. The zero-order valence-electron chi connectivity index (χ0n) is 9.36. The number of hydrogen-bond acceptors (Lipinski definition) is 2. The van der Waals surface area contributed by atoms with Crippen LogP contribution in [-0.4, -0.2) is 29.5 Å². The third-order valence-corrected chi connectivity index (χ3v) is 2.48. The largest absolute Gasteiger partial charge is 0.389 e. The first-order valence-corrected chi connectivity index (χ1v) is 5.37. The van der Waals surface area contributed by atoms with Crippen LogP contribution in [0.5, 0.6) is 0 Å². The summed E-state index contributed by atoms with van der Waals surface area (Å²) in [6.45, 7) is 2.58. The van der Waals surface area contributed by atoms with Crippen LogP contribution in [0.4, 0.5) is 10.5 Å². The lowest BCUT2D eigenvalue weighted by Gasteiger charge is -2.15. The second kappa shape index (κ2) is 5.46. The molecule has 0 heterocycles. The number of nitrogens with one attached hydrogen (secondary N) is 1. The van der Waals surface area contributed by atoms with E-state index in [-0.39, 0.29) is 6.03 Å². The van der Waals surface area contributed by atoms with Crippen LogP contribution in [0.25, 0.3) is 0 Å². The van der Waals surface area contributed by atoms with E-state index in [1.807, 2.05) is 6.92 Å². The first kappa shape index (κ1) is 12.4. The van der Waals surface area contributed by atoms with Crippen LogP contribution in [0.1, 0.15) is 12.5 Å². The highest BCUT2D eigenvalue weighted by Crippen LogP contribution is 2.10. The van der Waals surface area contributed by atoms with Crippen LogP contribution < -0.4 is 11.1 Å². The minimum atomic E-state index is -0.134. The molecule has 1 aromatic carbocycles. The molecule has 0 unspecified atom stereocenters. The van der Waals surface area contributed by atoms with Gasteiger partial charge in [-0.1, -0.05) is 12.2 Å². The molecule has 0 aliphatic rings. The summed E-state index contributed by atoms with van der Waals surface area (Å²) in [7, 11) is 1.73. The maximum Gasteiger partial charge on any atom is 0.321 e. The number of thiocarbonyl (C=S) groups is 1. The van der Waals surface area contributed by atoms with Gasteiger partial charge in [-0.05, 0) is 31.2 Å². The van der Waals surface area contributed by atoms with Crippen molar-refractivity contribution in [2.45, 2.75) is 6.92 Å². The molecule has 1 aromatic rings. The molecule has 5 heteroatoms. The number of nitrogens with zero attached hydrogens (tertiary/aromatic N) is 1. The van der Waals surface area contributed by atoms with Crippen LogP contribution >= 0.6 is 12.2 Å². The van der Waals surface area contributed by atoms with E-state index in [2.05, 4.69) is 5.32 Å². The molecule has 0 fully saturated rings. The first-order chi connectivity index (χ1) is 7.54. The molecule has 86 valence electrons. The predicted molar refractivity (Wildman–Crippen MR) is 69.7 cm³/mol. The van der Waals surface area contributed by atoms with Crippen molar-refractivity contribution >= 4 is 28.9 Å². The molecule has 16 heavy (non-hydrogen) atoms. The Hall–Kier alpha value is -1.62. The molecule has 0 saturated carbocycles. The Morgan fingerprint density at radius 2 is 2.00 bits per heavy atom. The average Bonchev–Trinajstić information content (AvgIpc) is 2.28. The highest BCUT2D eigenvalue weighted by molar-refractivity contribution is 7.80. The van der Waals surface area contributed by atoms with Gasteiger partial charge in [0.25, 0.3) is 0 Å². The van der Waals surface area contributed by atoms with Gasteiger partial charge in [0.2, 0.25) is 0 Å². The van der Waals surface area contributed by atoms with Crippen molar-refractivity contribution in [1.29, 1.82) is 0 Å². The molecule has 2 amide bonds. The van der Waals surface area contributed by atoms with E-state index in [4.69, 9.17) is 18.0 Å². The van der Waals surface area contributed by atoms with E-state index in [9.17, 15) is 4.79 Å². The fraction of sp³-hybridized carbons (Fsp3) is 0.273. The second-order valence-corrected chi connectivity index (χ2v) is 3.83. The molecule has 0 spiro atoms. The van der Waals surface area contributed by atoms with Gasteiger partial charge in [0.05, 0.1) is 0 Å². The molecule has 4 nitrogen and oxygen atoms in total. The Morgan fingerprint density at radius 3 is 2.44 bits per heavy atom. The standard InChI is InChI=1S/C11H15N3OS/c1-3-14(2)11(15)13-9-6-4-8(5-7-9)10(12)16/h4-7H,3H2,1-2H3,(H2,12,16)(H,13,15). The minimum Gasteiger partial charge on any atom is -0.389 e. The average molecular weight is 237 g/mol. The third-order valence-electron chi connectivity index (χ3n) is 2.24. The van der Waals surface area contributed by atoms with Gasteiger partial charge in [-0.2, -0.15) is 0 Å². The smallest absolute Gasteiger partial charge is 0.321 e. The van der Waals surface area contributed by atoms with Gasteiger partial charge in [0.15, 0.2) is 0 Å². The SMILES string of the molecule is CCN(C)C(=O)Nc1ccc(C(N)=S)cc1. The number of anilines is 1. The quantitative estimate of drug-likeness (QED) is 0.788. The number of amides is 2. The summed E-state index contributed by atoms with van der Waals surface area (Å²) < 4.78 is 0. The fourth-order valence-electron chi connectivity index (χ4n) is 1.08. The van der Waals surface area contributed by atoms with Gasteiger partial charge in [0.1, 0.15) is 4.99 Å². The van der Waals surface area contributed by atoms with Crippen molar-refractivity contribution in [1.82, 2.24) is 4.90 Å². The summed E-state index contributed by atoms with van der Waals surface area (Å²) in [6.07, 6.45) is 0. The molecule has 1 rings (SSSR count). The number of hydrogen-bond donors (Lipinski definition) is 2. The Labute approximate surface area is 100 Å². The van der Waals surface area contributed by atoms with Crippen molar-refractivity contribution in [2.75, 3.05) is 18.9 Å². The predicted octanol–water partition coefficient (Wildman–Crippen LogP) is 1.80. The summed E-state index contributed by atoms with van der Waals surface area (Å²) in [6, 6.07) is 6.98. The number of carbonyl (C=O) groups is 1. The Balaban J connectivity index is 2.69. The van der Waals surface area contributed by atoms with Gasteiger partial charge < -0.3 is 16.0 Å². The molecular formula is C11H15N3OS. The number of nitrogens with two attached hydrogens (primary N) is 1. The molecule has 0 aliphatic heterocycles. The molecule has 0 radical (unpaired) electrons. The van der Waals surface area contributed by atoms with Gasteiger partial charge in [-0.25, -0.2) is 4.79 Å². The second-order valence-electron chi connectivity index (χ2n) is 3.39. The van der Waals surface area contributed by atoms with Crippen LogP contribution in [0, 0.1) is 0 Å². The van der Waals surface area contributed by atoms with E-state index in [0.717, 1.165) is 11.3 Å². The molecular weight excluding hydrogens is 222 g/mol. The molecule has 0 saturated heterocycles. The Morgan fingerprint density at radius 1 is 1.44 bits per heavy atom. The van der Waals surface area contributed by atoms with Gasteiger partial charge in [-0.15, -0.1) is 0 Å². The van der Waals surface area contributed by atoms with Crippen molar-refractivity contribution in [3.05, 3.63) is 29.8 Å². The third kappa shape index (κ3) is 3.20. The van der Waals surface area contributed by atoms with Crippen molar-refractivity contribution in [3.8, 4) is 0 Å². The summed E-state index contributed by atoms with van der Waals surface area (Å²) in [4.78, 5) is 13.5. The molecule has 0 aromatic heterocycles. The molecule has 0 atom stereocenters. The van der Waals surface area contributed by atoms with E-state index in [1.165, 1.54) is 0 Å². The maximum atomic E-state index is 11.5. The summed E-state index contributed by atoms with van der Waals surface area (Å²) >= 11 is 4.84. The summed E-state index contributed by atoms with van der Waals surface area (Å²) in [5.74, 6) is 0. The van der Waals surface area contributed by atoms with E-state index >= 15 is 0 Å².